The molecule has 1 aromatic carbocycles. The summed E-state index contributed by atoms with van der Waals surface area (Å²) in [6.07, 6.45) is 0. The van der Waals surface area contributed by atoms with Crippen LogP contribution in [0.15, 0.2) is 30.3 Å². The summed E-state index contributed by atoms with van der Waals surface area (Å²) in [5.41, 5.74) is 3.07. The van der Waals surface area contributed by atoms with Crippen LogP contribution in [0.2, 0.25) is 0 Å². The van der Waals surface area contributed by atoms with Crippen LogP contribution in [0.5, 0.6) is 0 Å². The summed E-state index contributed by atoms with van der Waals surface area (Å²) in [5, 5.41) is 2.62. The van der Waals surface area contributed by atoms with Gasteiger partial charge in [-0.3, -0.25) is 4.79 Å². The zero-order valence-electron chi connectivity index (χ0n) is 14.0. The minimum atomic E-state index is -3.08. The molecule has 0 radical (unpaired) electrons. The predicted molar refractivity (Wildman–Crippen MR) is 93.6 cm³/mol. The molecule has 0 bridgehead atoms. The lowest BCUT2D eigenvalue weighted by molar-refractivity contribution is 0.0956. The number of aromatic nitrogens is 2. The fourth-order valence-corrected chi connectivity index (χ4v) is 2.89. The van der Waals surface area contributed by atoms with Gasteiger partial charge in [-0.05, 0) is 32.0 Å². The maximum Gasteiger partial charge on any atom is 0.251 e. The van der Waals surface area contributed by atoms with Crippen molar-refractivity contribution in [2.75, 3.05) is 18.1 Å². The monoisotopic (exact) mass is 347 g/mol. The summed E-state index contributed by atoms with van der Waals surface area (Å²) in [6, 6.07) is 8.83. The van der Waals surface area contributed by atoms with Crippen molar-refractivity contribution in [3.8, 4) is 11.4 Å². The van der Waals surface area contributed by atoms with Crippen molar-refractivity contribution in [2.45, 2.75) is 20.8 Å². The SMILES string of the molecule is CCS(=O)(=O)CCNC(=O)c1ccc(-c2nc(C)cc(C)n2)cc1. The van der Waals surface area contributed by atoms with E-state index in [0.29, 0.717) is 11.4 Å². The molecule has 2 rings (SSSR count). The van der Waals surface area contributed by atoms with E-state index >= 15 is 0 Å². The number of hydrogen-bond acceptors (Lipinski definition) is 5. The molecule has 0 fully saturated rings. The highest BCUT2D eigenvalue weighted by molar-refractivity contribution is 7.91. The summed E-state index contributed by atoms with van der Waals surface area (Å²) in [7, 11) is -3.08. The van der Waals surface area contributed by atoms with Gasteiger partial charge in [-0.2, -0.15) is 0 Å². The Morgan fingerprint density at radius 3 is 2.21 bits per heavy atom. The number of hydrogen-bond donors (Lipinski definition) is 1. The number of rotatable bonds is 6. The van der Waals surface area contributed by atoms with E-state index in [4.69, 9.17) is 0 Å². The molecule has 0 atom stereocenters. The molecule has 2 aromatic rings. The van der Waals surface area contributed by atoms with Crippen LogP contribution < -0.4 is 5.32 Å². The number of carbonyl (C=O) groups is 1. The molecule has 0 aliphatic rings. The van der Waals surface area contributed by atoms with Crippen molar-refractivity contribution in [1.29, 1.82) is 0 Å². The second-order valence-electron chi connectivity index (χ2n) is 5.54. The van der Waals surface area contributed by atoms with Crippen LogP contribution in [0, 0.1) is 13.8 Å². The van der Waals surface area contributed by atoms with Gasteiger partial charge in [-0.1, -0.05) is 19.1 Å². The number of benzene rings is 1. The molecular formula is C17H21N3O3S. The molecule has 0 aliphatic heterocycles. The Bertz CT molecular complexity index is 810. The molecule has 1 amide bonds. The Morgan fingerprint density at radius 1 is 1.08 bits per heavy atom. The van der Waals surface area contributed by atoms with Gasteiger partial charge in [0.25, 0.3) is 5.91 Å². The van der Waals surface area contributed by atoms with Crippen molar-refractivity contribution >= 4 is 15.7 Å². The highest BCUT2D eigenvalue weighted by Crippen LogP contribution is 2.16. The van der Waals surface area contributed by atoms with Crippen molar-refractivity contribution < 1.29 is 13.2 Å². The topological polar surface area (TPSA) is 89.0 Å². The van der Waals surface area contributed by atoms with Gasteiger partial charge in [-0.25, -0.2) is 18.4 Å². The summed E-state index contributed by atoms with van der Waals surface area (Å²) < 4.78 is 22.8. The first-order valence-corrected chi connectivity index (χ1v) is 9.54. The maximum atomic E-state index is 12.0. The number of nitrogens with zero attached hydrogens (tertiary/aromatic N) is 2. The number of aryl methyl sites for hydroxylation is 2. The standard InChI is InChI=1S/C17H21N3O3S/c1-4-24(22,23)10-9-18-17(21)15-7-5-14(6-8-15)16-19-12(2)11-13(3)20-16/h5-8,11H,4,9-10H2,1-3H3,(H,18,21). The third-order valence-corrected chi connectivity index (χ3v) is 5.23. The van der Waals surface area contributed by atoms with Crippen molar-refractivity contribution in [3.63, 3.8) is 0 Å². The first-order chi connectivity index (χ1) is 11.3. The fourth-order valence-electron chi connectivity index (χ4n) is 2.19. The second kappa shape index (κ2) is 7.53. The van der Waals surface area contributed by atoms with E-state index in [1.54, 1.807) is 31.2 Å². The number of amides is 1. The molecule has 1 aromatic heterocycles. The van der Waals surface area contributed by atoms with Crippen molar-refractivity contribution in [3.05, 3.63) is 47.3 Å². The first kappa shape index (κ1) is 18.1. The first-order valence-electron chi connectivity index (χ1n) is 7.72. The van der Waals surface area contributed by atoms with E-state index in [9.17, 15) is 13.2 Å². The molecule has 0 spiro atoms. The molecule has 0 aliphatic carbocycles. The quantitative estimate of drug-likeness (QED) is 0.862. The van der Waals surface area contributed by atoms with E-state index in [2.05, 4.69) is 15.3 Å². The molecule has 6 nitrogen and oxygen atoms in total. The van der Waals surface area contributed by atoms with E-state index in [0.717, 1.165) is 17.0 Å². The lowest BCUT2D eigenvalue weighted by Crippen LogP contribution is -2.29. The van der Waals surface area contributed by atoms with Gasteiger partial charge < -0.3 is 5.32 Å². The minimum absolute atomic E-state index is 0.0519. The van der Waals surface area contributed by atoms with E-state index < -0.39 is 9.84 Å². The second-order valence-corrected chi connectivity index (χ2v) is 8.02. The fraction of sp³-hybridized carbons (Fsp3) is 0.353. The minimum Gasteiger partial charge on any atom is -0.351 e. The zero-order chi connectivity index (χ0) is 17.7. The van der Waals surface area contributed by atoms with Crippen LogP contribution in [-0.2, 0) is 9.84 Å². The molecule has 0 saturated carbocycles. The Hall–Kier alpha value is -2.28. The summed E-state index contributed by atoms with van der Waals surface area (Å²) in [6.45, 7) is 5.51. The largest absolute Gasteiger partial charge is 0.351 e. The highest BCUT2D eigenvalue weighted by Gasteiger charge is 2.10. The summed E-state index contributed by atoms with van der Waals surface area (Å²) in [4.78, 5) is 20.8. The van der Waals surface area contributed by atoms with E-state index in [1.807, 2.05) is 19.9 Å². The van der Waals surface area contributed by atoms with Crippen LogP contribution >= 0.6 is 0 Å². The summed E-state index contributed by atoms with van der Waals surface area (Å²) in [5.74, 6) is 0.347. The van der Waals surface area contributed by atoms with Crippen molar-refractivity contribution in [2.24, 2.45) is 0 Å². The zero-order valence-corrected chi connectivity index (χ0v) is 14.9. The average molecular weight is 347 g/mol. The molecule has 128 valence electrons. The van der Waals surface area contributed by atoms with Crippen LogP contribution in [0.1, 0.15) is 28.7 Å². The van der Waals surface area contributed by atoms with Crippen LogP contribution in [0.25, 0.3) is 11.4 Å². The third kappa shape index (κ3) is 4.86. The Morgan fingerprint density at radius 2 is 1.67 bits per heavy atom. The predicted octanol–water partition coefficient (Wildman–Crippen LogP) is 1.92. The van der Waals surface area contributed by atoms with Gasteiger partial charge in [0, 0.05) is 34.8 Å². The van der Waals surface area contributed by atoms with Gasteiger partial charge in [0.15, 0.2) is 15.7 Å². The van der Waals surface area contributed by atoms with Crippen molar-refractivity contribution in [1.82, 2.24) is 15.3 Å². The molecule has 7 heteroatoms. The normalized spacial score (nSPS) is 11.3. The summed E-state index contributed by atoms with van der Waals surface area (Å²) >= 11 is 0. The lowest BCUT2D eigenvalue weighted by atomic mass is 10.1. The number of carbonyl (C=O) groups excluding carboxylic acids is 1. The van der Waals surface area contributed by atoms with Crippen LogP contribution in [-0.4, -0.2) is 42.3 Å². The smallest absolute Gasteiger partial charge is 0.251 e. The Kier molecular flexibility index (Phi) is 5.66. The molecule has 1 heterocycles. The molecule has 1 N–H and O–H groups in total. The highest BCUT2D eigenvalue weighted by atomic mass is 32.2. The Balaban J connectivity index is 2.05. The average Bonchev–Trinajstić information content (AvgIpc) is 2.54. The van der Waals surface area contributed by atoms with Gasteiger partial charge in [-0.15, -0.1) is 0 Å². The third-order valence-electron chi connectivity index (χ3n) is 3.53. The molecular weight excluding hydrogens is 326 g/mol. The van der Waals surface area contributed by atoms with E-state index in [1.165, 1.54) is 0 Å². The number of sulfone groups is 1. The maximum absolute atomic E-state index is 12.0. The van der Waals surface area contributed by atoms with E-state index in [-0.39, 0.29) is 24.0 Å². The van der Waals surface area contributed by atoms with Crippen LogP contribution in [0.3, 0.4) is 0 Å². The van der Waals surface area contributed by atoms with Crippen LogP contribution in [0.4, 0.5) is 0 Å². The molecule has 24 heavy (non-hydrogen) atoms. The lowest BCUT2D eigenvalue weighted by Gasteiger charge is -2.07. The van der Waals surface area contributed by atoms with Gasteiger partial charge >= 0.3 is 0 Å². The van der Waals surface area contributed by atoms with Gasteiger partial charge in [0.05, 0.1) is 5.75 Å². The Labute approximate surface area is 142 Å². The van der Waals surface area contributed by atoms with Gasteiger partial charge in [0.1, 0.15) is 0 Å². The van der Waals surface area contributed by atoms with Gasteiger partial charge in [0.2, 0.25) is 0 Å². The molecule has 0 unspecified atom stereocenters. The number of nitrogens with one attached hydrogen (secondary N) is 1. The molecule has 0 saturated heterocycles.